The predicted molar refractivity (Wildman–Crippen MR) is 92.7 cm³/mol. The summed E-state index contributed by atoms with van der Waals surface area (Å²) in [6.07, 6.45) is 0.645. The molecule has 0 fully saturated rings. The Kier molecular flexibility index (Phi) is 6.30. The number of methoxy groups -OCH3 is 2. The molecule has 0 aliphatic rings. The average Bonchev–Trinajstić information content (AvgIpc) is 2.56. The van der Waals surface area contributed by atoms with Crippen LogP contribution in [0.2, 0.25) is 5.02 Å². The highest BCUT2D eigenvalue weighted by molar-refractivity contribution is 9.10. The molecule has 23 heavy (non-hydrogen) atoms. The van der Waals surface area contributed by atoms with Crippen LogP contribution in [0.4, 0.5) is 0 Å². The van der Waals surface area contributed by atoms with Crippen molar-refractivity contribution in [1.29, 1.82) is 0 Å². The standard InChI is InChI=1S/C17H16BrClO4/c1-21-15-10-13(18)12(17(20)22-2)9-16(15)23-8-7-11-5-3-4-6-14(11)19/h3-6,9-10H,7-8H2,1-2H3. The van der Waals surface area contributed by atoms with Crippen molar-refractivity contribution >= 4 is 33.5 Å². The molecule has 0 radical (unpaired) electrons. The molecule has 0 heterocycles. The smallest absolute Gasteiger partial charge is 0.339 e. The molecule has 0 spiro atoms. The molecule has 0 aliphatic carbocycles. The van der Waals surface area contributed by atoms with Crippen molar-refractivity contribution in [3.63, 3.8) is 0 Å². The zero-order valence-electron chi connectivity index (χ0n) is 12.8. The van der Waals surface area contributed by atoms with E-state index >= 15 is 0 Å². The van der Waals surface area contributed by atoms with Crippen LogP contribution in [0.3, 0.4) is 0 Å². The Hall–Kier alpha value is -1.72. The van der Waals surface area contributed by atoms with Crippen LogP contribution in [0, 0.1) is 0 Å². The second-order valence-corrected chi connectivity index (χ2v) is 5.93. The van der Waals surface area contributed by atoms with E-state index in [1.54, 1.807) is 19.2 Å². The van der Waals surface area contributed by atoms with E-state index in [2.05, 4.69) is 15.9 Å². The molecular formula is C17H16BrClO4. The van der Waals surface area contributed by atoms with Gasteiger partial charge in [0.15, 0.2) is 11.5 Å². The van der Waals surface area contributed by atoms with Gasteiger partial charge in [0.05, 0.1) is 26.4 Å². The molecule has 4 nitrogen and oxygen atoms in total. The number of rotatable bonds is 6. The van der Waals surface area contributed by atoms with Gasteiger partial charge in [-0.25, -0.2) is 4.79 Å². The normalized spacial score (nSPS) is 10.3. The second kappa shape index (κ2) is 8.22. The first-order valence-electron chi connectivity index (χ1n) is 6.89. The highest BCUT2D eigenvalue weighted by atomic mass is 79.9. The Morgan fingerprint density at radius 2 is 1.91 bits per heavy atom. The molecule has 0 saturated heterocycles. The third-order valence-electron chi connectivity index (χ3n) is 3.25. The maximum atomic E-state index is 11.8. The molecule has 6 heteroatoms. The van der Waals surface area contributed by atoms with Crippen LogP contribution in [-0.4, -0.2) is 26.8 Å². The highest BCUT2D eigenvalue weighted by Gasteiger charge is 2.16. The van der Waals surface area contributed by atoms with Crippen molar-refractivity contribution in [3.05, 3.63) is 57.0 Å². The van der Waals surface area contributed by atoms with Crippen LogP contribution in [-0.2, 0) is 11.2 Å². The van der Waals surface area contributed by atoms with Gasteiger partial charge >= 0.3 is 5.97 Å². The number of carbonyl (C=O) groups is 1. The van der Waals surface area contributed by atoms with Gasteiger partial charge in [0.1, 0.15) is 0 Å². The molecule has 0 saturated carbocycles. The maximum Gasteiger partial charge on any atom is 0.339 e. The minimum Gasteiger partial charge on any atom is -0.493 e. The minimum absolute atomic E-state index is 0.376. The van der Waals surface area contributed by atoms with Crippen molar-refractivity contribution < 1.29 is 19.0 Å². The molecule has 122 valence electrons. The first-order valence-corrected chi connectivity index (χ1v) is 8.06. The Balaban J connectivity index is 2.15. The number of ether oxygens (including phenoxy) is 3. The van der Waals surface area contributed by atoms with E-state index < -0.39 is 5.97 Å². The summed E-state index contributed by atoms with van der Waals surface area (Å²) in [5.41, 5.74) is 1.37. The lowest BCUT2D eigenvalue weighted by atomic mass is 10.1. The van der Waals surface area contributed by atoms with Crippen molar-refractivity contribution in [3.8, 4) is 11.5 Å². The number of carbonyl (C=O) groups excluding carboxylic acids is 1. The van der Waals surface area contributed by atoms with E-state index in [0.717, 1.165) is 5.56 Å². The van der Waals surface area contributed by atoms with Crippen LogP contribution in [0.1, 0.15) is 15.9 Å². The summed E-state index contributed by atoms with van der Waals surface area (Å²) in [6, 6.07) is 10.9. The quantitative estimate of drug-likeness (QED) is 0.670. The Morgan fingerprint density at radius 1 is 1.17 bits per heavy atom. The third-order valence-corrected chi connectivity index (χ3v) is 4.27. The number of halogens is 2. The monoisotopic (exact) mass is 398 g/mol. The fraction of sp³-hybridized carbons (Fsp3) is 0.235. The predicted octanol–water partition coefficient (Wildman–Crippen LogP) is 4.52. The van der Waals surface area contributed by atoms with E-state index in [1.807, 2.05) is 24.3 Å². The molecule has 0 atom stereocenters. The number of benzene rings is 2. The lowest BCUT2D eigenvalue weighted by Gasteiger charge is -2.13. The topological polar surface area (TPSA) is 44.8 Å². The van der Waals surface area contributed by atoms with E-state index in [4.69, 9.17) is 25.8 Å². The fourth-order valence-electron chi connectivity index (χ4n) is 2.05. The third kappa shape index (κ3) is 4.39. The summed E-state index contributed by atoms with van der Waals surface area (Å²) in [6.45, 7) is 0.405. The van der Waals surface area contributed by atoms with Crippen molar-refractivity contribution in [2.45, 2.75) is 6.42 Å². The molecule has 0 bridgehead atoms. The summed E-state index contributed by atoms with van der Waals surface area (Å²) in [5, 5.41) is 0.703. The van der Waals surface area contributed by atoms with Gasteiger partial charge in [0, 0.05) is 15.9 Å². The van der Waals surface area contributed by atoms with Gasteiger partial charge < -0.3 is 14.2 Å². The first kappa shape index (κ1) is 17.6. The van der Waals surface area contributed by atoms with Crippen LogP contribution in [0.25, 0.3) is 0 Å². The Morgan fingerprint density at radius 3 is 2.57 bits per heavy atom. The molecule has 0 unspecified atom stereocenters. The van der Waals surface area contributed by atoms with Gasteiger partial charge in [-0.2, -0.15) is 0 Å². The van der Waals surface area contributed by atoms with Gasteiger partial charge in [0.25, 0.3) is 0 Å². The molecule has 2 aromatic carbocycles. The van der Waals surface area contributed by atoms with Crippen molar-refractivity contribution in [2.75, 3.05) is 20.8 Å². The summed E-state index contributed by atoms with van der Waals surface area (Å²) >= 11 is 9.45. The first-order chi connectivity index (χ1) is 11.1. The molecule has 2 rings (SSSR count). The van der Waals surface area contributed by atoms with Gasteiger partial charge in [-0.1, -0.05) is 29.8 Å². The van der Waals surface area contributed by atoms with Crippen molar-refractivity contribution in [1.82, 2.24) is 0 Å². The van der Waals surface area contributed by atoms with E-state index in [0.29, 0.717) is 39.6 Å². The van der Waals surface area contributed by atoms with Crippen LogP contribution >= 0.6 is 27.5 Å². The molecule has 0 aromatic heterocycles. The number of hydrogen-bond donors (Lipinski definition) is 0. The number of esters is 1. The Bertz CT molecular complexity index is 703. The van der Waals surface area contributed by atoms with Crippen LogP contribution in [0.15, 0.2) is 40.9 Å². The summed E-state index contributed by atoms with van der Waals surface area (Å²) in [5.74, 6) is 0.558. The molecular weight excluding hydrogens is 384 g/mol. The summed E-state index contributed by atoms with van der Waals surface area (Å²) in [7, 11) is 2.87. The maximum absolute atomic E-state index is 11.8. The van der Waals surface area contributed by atoms with Gasteiger partial charge in [0.2, 0.25) is 0 Å². The van der Waals surface area contributed by atoms with Gasteiger partial charge in [-0.15, -0.1) is 0 Å². The average molecular weight is 400 g/mol. The summed E-state index contributed by atoms with van der Waals surface area (Å²) in [4.78, 5) is 11.8. The molecule has 2 aromatic rings. The van der Waals surface area contributed by atoms with Crippen LogP contribution < -0.4 is 9.47 Å². The van der Waals surface area contributed by atoms with E-state index in [1.165, 1.54) is 7.11 Å². The van der Waals surface area contributed by atoms with E-state index in [9.17, 15) is 4.79 Å². The zero-order valence-corrected chi connectivity index (χ0v) is 15.1. The minimum atomic E-state index is -0.449. The molecule has 0 N–H and O–H groups in total. The van der Waals surface area contributed by atoms with Gasteiger partial charge in [-0.05, 0) is 39.7 Å². The Labute approximate surface area is 148 Å². The van der Waals surface area contributed by atoms with Crippen LogP contribution in [0.5, 0.6) is 11.5 Å². The molecule has 0 aliphatic heterocycles. The lowest BCUT2D eigenvalue weighted by Crippen LogP contribution is -2.07. The highest BCUT2D eigenvalue weighted by Crippen LogP contribution is 2.34. The largest absolute Gasteiger partial charge is 0.493 e. The fourth-order valence-corrected chi connectivity index (χ4v) is 2.76. The SMILES string of the molecule is COC(=O)c1cc(OCCc2ccccc2Cl)c(OC)cc1Br. The van der Waals surface area contributed by atoms with E-state index in [-0.39, 0.29) is 0 Å². The molecule has 0 amide bonds. The van der Waals surface area contributed by atoms with Crippen molar-refractivity contribution in [2.24, 2.45) is 0 Å². The zero-order chi connectivity index (χ0) is 16.8. The second-order valence-electron chi connectivity index (χ2n) is 4.66. The lowest BCUT2D eigenvalue weighted by molar-refractivity contribution is 0.0599. The van der Waals surface area contributed by atoms with Gasteiger partial charge in [-0.3, -0.25) is 0 Å². The number of hydrogen-bond acceptors (Lipinski definition) is 4. The summed E-state index contributed by atoms with van der Waals surface area (Å²) < 4.78 is 16.4.